The summed E-state index contributed by atoms with van der Waals surface area (Å²) < 4.78 is 22.9. The largest absolute Gasteiger partial charge is 0.493 e. The monoisotopic (exact) mass is 484 g/mol. The van der Waals surface area contributed by atoms with Gasteiger partial charge in [0.2, 0.25) is 0 Å². The van der Waals surface area contributed by atoms with Gasteiger partial charge in [0.25, 0.3) is 0 Å². The number of nitrogens with zero attached hydrogens (tertiary/aromatic N) is 2. The molecule has 1 saturated carbocycles. The molecule has 0 atom stereocenters. The summed E-state index contributed by atoms with van der Waals surface area (Å²) in [4.78, 5) is 4.99. The van der Waals surface area contributed by atoms with E-state index >= 15 is 0 Å². The Morgan fingerprint density at radius 1 is 0.686 bits per heavy atom. The zero-order chi connectivity index (χ0) is 25.0. The van der Waals surface area contributed by atoms with Gasteiger partial charge in [-0.3, -0.25) is 4.90 Å². The minimum absolute atomic E-state index is 0.302. The Bertz CT molecular complexity index is 894. The Balaban J connectivity index is 1.76. The molecule has 0 radical (unpaired) electrons. The number of rotatable bonds is 15. The molecular formula is C29H44N2O4. The average molecular weight is 485 g/mol. The van der Waals surface area contributed by atoms with E-state index in [1.54, 1.807) is 21.3 Å². The minimum atomic E-state index is 0.302. The van der Waals surface area contributed by atoms with Gasteiger partial charge in [-0.1, -0.05) is 26.0 Å². The molecule has 194 valence electrons. The molecule has 0 spiro atoms. The molecule has 2 aromatic rings. The molecule has 0 aromatic heterocycles. The van der Waals surface area contributed by atoms with Gasteiger partial charge in [-0.15, -0.1) is 0 Å². The SMILES string of the molecule is CCN(CC)CCCN(Cc1ccc(OC)c(OC)c1)Cc1ccc(OC)c(OC2CCCC2)c1. The fraction of sp³-hybridized carbons (Fsp3) is 0.586. The van der Waals surface area contributed by atoms with E-state index in [-0.39, 0.29) is 0 Å². The molecule has 1 aliphatic carbocycles. The molecule has 0 heterocycles. The second-order valence-electron chi connectivity index (χ2n) is 9.29. The van der Waals surface area contributed by atoms with Crippen LogP contribution in [-0.4, -0.2) is 63.4 Å². The van der Waals surface area contributed by atoms with Crippen LogP contribution in [0.2, 0.25) is 0 Å². The summed E-state index contributed by atoms with van der Waals surface area (Å²) in [7, 11) is 5.08. The summed E-state index contributed by atoms with van der Waals surface area (Å²) in [5, 5.41) is 0. The first kappa shape index (κ1) is 27.2. The molecular weight excluding hydrogens is 440 g/mol. The quantitative estimate of drug-likeness (QED) is 0.320. The lowest BCUT2D eigenvalue weighted by molar-refractivity contribution is 0.199. The van der Waals surface area contributed by atoms with Gasteiger partial charge in [0.1, 0.15) is 0 Å². The summed E-state index contributed by atoms with van der Waals surface area (Å²) in [6.45, 7) is 10.4. The molecule has 0 aliphatic heterocycles. The molecule has 0 saturated heterocycles. The Morgan fingerprint density at radius 2 is 1.20 bits per heavy atom. The topological polar surface area (TPSA) is 43.4 Å². The standard InChI is InChI=1S/C29H44N2O4/c1-6-30(7-2)17-10-18-31(21-23-13-15-26(32-3)28(19-23)34-5)22-24-14-16-27(33-4)29(20-24)35-25-11-8-9-12-25/h13-16,19-20,25H,6-12,17-18,21-22H2,1-5H3. The van der Waals surface area contributed by atoms with Crippen LogP contribution < -0.4 is 18.9 Å². The van der Waals surface area contributed by atoms with Crippen molar-refractivity contribution in [3.63, 3.8) is 0 Å². The van der Waals surface area contributed by atoms with Crippen molar-refractivity contribution < 1.29 is 18.9 Å². The fourth-order valence-corrected chi connectivity index (χ4v) is 4.86. The van der Waals surface area contributed by atoms with Gasteiger partial charge < -0.3 is 23.8 Å². The first-order valence-electron chi connectivity index (χ1n) is 13.1. The van der Waals surface area contributed by atoms with Gasteiger partial charge >= 0.3 is 0 Å². The van der Waals surface area contributed by atoms with E-state index in [1.807, 2.05) is 12.1 Å². The van der Waals surface area contributed by atoms with E-state index < -0.39 is 0 Å². The highest BCUT2D eigenvalue weighted by atomic mass is 16.5. The molecule has 0 N–H and O–H groups in total. The molecule has 0 amide bonds. The van der Waals surface area contributed by atoms with Crippen molar-refractivity contribution in [2.24, 2.45) is 0 Å². The van der Waals surface area contributed by atoms with Crippen molar-refractivity contribution >= 4 is 0 Å². The molecule has 6 heteroatoms. The van der Waals surface area contributed by atoms with E-state index in [0.29, 0.717) is 6.10 Å². The smallest absolute Gasteiger partial charge is 0.161 e. The van der Waals surface area contributed by atoms with Gasteiger partial charge in [-0.2, -0.15) is 0 Å². The van der Waals surface area contributed by atoms with Crippen LogP contribution in [0.3, 0.4) is 0 Å². The predicted molar refractivity (Wildman–Crippen MR) is 142 cm³/mol. The molecule has 35 heavy (non-hydrogen) atoms. The van der Waals surface area contributed by atoms with Crippen LogP contribution in [0.4, 0.5) is 0 Å². The van der Waals surface area contributed by atoms with Gasteiger partial charge in [-0.05, 0) is 87.1 Å². The molecule has 1 fully saturated rings. The number of benzene rings is 2. The van der Waals surface area contributed by atoms with Crippen molar-refractivity contribution in [1.29, 1.82) is 0 Å². The highest BCUT2D eigenvalue weighted by molar-refractivity contribution is 5.44. The van der Waals surface area contributed by atoms with Crippen LogP contribution >= 0.6 is 0 Å². The maximum Gasteiger partial charge on any atom is 0.161 e. The van der Waals surface area contributed by atoms with E-state index in [0.717, 1.165) is 81.5 Å². The van der Waals surface area contributed by atoms with Crippen molar-refractivity contribution in [3.05, 3.63) is 47.5 Å². The zero-order valence-electron chi connectivity index (χ0n) is 22.3. The second kappa shape index (κ2) is 14.2. The molecule has 3 rings (SSSR count). The lowest BCUT2D eigenvalue weighted by atomic mass is 10.1. The molecule has 1 aliphatic rings. The van der Waals surface area contributed by atoms with Crippen LogP contribution in [0.5, 0.6) is 23.0 Å². The third kappa shape index (κ3) is 8.04. The summed E-state index contributed by atoms with van der Waals surface area (Å²) in [5.41, 5.74) is 2.45. The number of hydrogen-bond donors (Lipinski definition) is 0. The molecule has 2 aromatic carbocycles. The lowest BCUT2D eigenvalue weighted by Gasteiger charge is -2.26. The Kier molecular flexibility index (Phi) is 11.0. The molecule has 6 nitrogen and oxygen atoms in total. The fourth-order valence-electron chi connectivity index (χ4n) is 4.86. The van der Waals surface area contributed by atoms with Crippen LogP contribution in [0, 0.1) is 0 Å². The predicted octanol–water partition coefficient (Wildman–Crippen LogP) is 5.77. The van der Waals surface area contributed by atoms with Gasteiger partial charge in [0.05, 0.1) is 27.4 Å². The van der Waals surface area contributed by atoms with Crippen molar-refractivity contribution in [2.75, 3.05) is 47.5 Å². The lowest BCUT2D eigenvalue weighted by Crippen LogP contribution is -2.29. The summed E-state index contributed by atoms with van der Waals surface area (Å²) >= 11 is 0. The van der Waals surface area contributed by atoms with Gasteiger partial charge in [-0.25, -0.2) is 0 Å². The number of ether oxygens (including phenoxy) is 4. The third-order valence-electron chi connectivity index (χ3n) is 6.93. The summed E-state index contributed by atoms with van der Waals surface area (Å²) in [6, 6.07) is 12.6. The van der Waals surface area contributed by atoms with Crippen LogP contribution in [-0.2, 0) is 13.1 Å². The van der Waals surface area contributed by atoms with Crippen molar-refractivity contribution in [3.8, 4) is 23.0 Å². The van der Waals surface area contributed by atoms with E-state index in [9.17, 15) is 0 Å². The number of methoxy groups -OCH3 is 3. The normalized spacial score (nSPS) is 14.0. The minimum Gasteiger partial charge on any atom is -0.493 e. The summed E-state index contributed by atoms with van der Waals surface area (Å²) in [5.74, 6) is 3.21. The first-order valence-corrected chi connectivity index (χ1v) is 13.1. The zero-order valence-corrected chi connectivity index (χ0v) is 22.3. The van der Waals surface area contributed by atoms with E-state index in [1.165, 1.54) is 24.0 Å². The number of hydrogen-bond acceptors (Lipinski definition) is 6. The third-order valence-corrected chi connectivity index (χ3v) is 6.93. The van der Waals surface area contributed by atoms with Crippen molar-refractivity contribution in [1.82, 2.24) is 9.80 Å². The maximum atomic E-state index is 6.35. The average Bonchev–Trinajstić information content (AvgIpc) is 3.39. The first-order chi connectivity index (χ1) is 17.1. The van der Waals surface area contributed by atoms with Gasteiger partial charge in [0, 0.05) is 19.6 Å². The Labute approximate surface area is 212 Å². The highest BCUT2D eigenvalue weighted by Crippen LogP contribution is 2.33. The summed E-state index contributed by atoms with van der Waals surface area (Å²) in [6.07, 6.45) is 6.18. The molecule has 0 unspecified atom stereocenters. The van der Waals surface area contributed by atoms with Crippen molar-refractivity contribution in [2.45, 2.75) is 65.1 Å². The van der Waals surface area contributed by atoms with Crippen LogP contribution in [0.15, 0.2) is 36.4 Å². The second-order valence-corrected chi connectivity index (χ2v) is 9.29. The van der Waals surface area contributed by atoms with E-state index in [2.05, 4.69) is 47.9 Å². The molecule has 0 bridgehead atoms. The van der Waals surface area contributed by atoms with Gasteiger partial charge in [0.15, 0.2) is 23.0 Å². The van der Waals surface area contributed by atoms with Crippen LogP contribution in [0.25, 0.3) is 0 Å². The Hall–Kier alpha value is -2.44. The maximum absolute atomic E-state index is 6.35. The van der Waals surface area contributed by atoms with E-state index in [4.69, 9.17) is 18.9 Å². The Morgan fingerprint density at radius 3 is 1.74 bits per heavy atom. The van der Waals surface area contributed by atoms with Crippen LogP contribution in [0.1, 0.15) is 57.1 Å². The highest BCUT2D eigenvalue weighted by Gasteiger charge is 2.19.